The fourth-order valence-electron chi connectivity index (χ4n) is 7.02. The zero-order valence-electron chi connectivity index (χ0n) is 24.2. The first-order chi connectivity index (χ1) is 18.4. The maximum Gasteiger partial charge on any atom is 0.0702 e. The van der Waals surface area contributed by atoms with Crippen LogP contribution in [-0.4, -0.2) is 72.0 Å². The van der Waals surface area contributed by atoms with E-state index in [4.69, 9.17) is 4.98 Å². The molecule has 5 rings (SSSR count). The molecule has 0 saturated carbocycles. The lowest BCUT2D eigenvalue weighted by Crippen LogP contribution is -2.55. The third-order valence-electron chi connectivity index (χ3n) is 9.00. The van der Waals surface area contributed by atoms with E-state index < -0.39 is 0 Å². The Morgan fingerprint density at radius 3 is 2.37 bits per heavy atom. The van der Waals surface area contributed by atoms with E-state index in [9.17, 15) is 0 Å². The molecule has 2 aliphatic rings. The van der Waals surface area contributed by atoms with Crippen LogP contribution in [0.15, 0.2) is 60.8 Å². The molecular weight excluding hydrogens is 466 g/mol. The number of nitrogens with one attached hydrogen (secondary N) is 1. The van der Waals surface area contributed by atoms with E-state index in [-0.39, 0.29) is 5.54 Å². The summed E-state index contributed by atoms with van der Waals surface area (Å²) in [5, 5.41) is 4.97. The number of pyridine rings is 1. The van der Waals surface area contributed by atoms with Crippen LogP contribution in [0, 0.1) is 0 Å². The lowest BCUT2D eigenvalue weighted by Gasteiger charge is -2.46. The van der Waals surface area contributed by atoms with Crippen molar-refractivity contribution < 1.29 is 0 Å². The summed E-state index contributed by atoms with van der Waals surface area (Å²) >= 11 is 0. The number of nitrogens with zero attached hydrogens (tertiary/aromatic N) is 4. The van der Waals surface area contributed by atoms with Crippen molar-refractivity contribution in [3.8, 4) is 0 Å². The summed E-state index contributed by atoms with van der Waals surface area (Å²) in [4.78, 5) is 12.7. The van der Waals surface area contributed by atoms with E-state index in [0.29, 0.717) is 18.1 Å². The van der Waals surface area contributed by atoms with Crippen LogP contribution in [0.1, 0.15) is 69.2 Å². The van der Waals surface area contributed by atoms with Crippen LogP contribution in [0.2, 0.25) is 0 Å². The molecular formula is C33H47N5. The molecule has 0 aliphatic carbocycles. The fraction of sp³-hybridized carbons (Fsp3) is 0.545. The Labute approximate surface area is 230 Å². The average molecular weight is 514 g/mol. The second-order valence-corrected chi connectivity index (χ2v) is 12.1. The summed E-state index contributed by atoms with van der Waals surface area (Å²) in [6.07, 6.45) is 6.80. The van der Waals surface area contributed by atoms with Gasteiger partial charge in [-0.1, -0.05) is 49.7 Å². The molecule has 204 valence electrons. The van der Waals surface area contributed by atoms with Gasteiger partial charge in [0.25, 0.3) is 0 Å². The molecule has 0 radical (unpaired) electrons. The van der Waals surface area contributed by atoms with Crippen molar-refractivity contribution in [2.45, 2.75) is 76.7 Å². The highest BCUT2D eigenvalue weighted by Crippen LogP contribution is 2.38. The van der Waals surface area contributed by atoms with Crippen molar-refractivity contribution in [2.75, 3.05) is 40.3 Å². The smallest absolute Gasteiger partial charge is 0.0702 e. The molecule has 2 fully saturated rings. The topological polar surface area (TPSA) is 34.6 Å². The van der Waals surface area contributed by atoms with E-state index >= 15 is 0 Å². The monoisotopic (exact) mass is 513 g/mol. The summed E-state index contributed by atoms with van der Waals surface area (Å²) in [6.45, 7) is 12.3. The lowest BCUT2D eigenvalue weighted by molar-refractivity contribution is 0.0507. The van der Waals surface area contributed by atoms with Crippen molar-refractivity contribution in [1.29, 1.82) is 0 Å². The molecule has 0 amide bonds. The van der Waals surface area contributed by atoms with Gasteiger partial charge in [0.2, 0.25) is 0 Å². The molecule has 5 nitrogen and oxygen atoms in total. The van der Waals surface area contributed by atoms with Gasteiger partial charge in [0.05, 0.1) is 5.52 Å². The molecule has 3 atom stereocenters. The molecule has 3 aromatic rings. The van der Waals surface area contributed by atoms with Crippen LogP contribution >= 0.6 is 0 Å². The number of likely N-dealkylation sites (tertiary alicyclic amines) is 1. The Balaban J connectivity index is 1.31. The van der Waals surface area contributed by atoms with Crippen LogP contribution in [0.3, 0.4) is 0 Å². The zero-order chi connectivity index (χ0) is 26.7. The molecule has 2 aromatic carbocycles. The predicted octanol–water partition coefficient (Wildman–Crippen LogP) is 5.81. The maximum absolute atomic E-state index is 4.92. The molecule has 0 spiro atoms. The fourth-order valence-corrected chi connectivity index (χ4v) is 7.02. The summed E-state index contributed by atoms with van der Waals surface area (Å²) < 4.78 is 0. The summed E-state index contributed by atoms with van der Waals surface area (Å²) in [5.74, 6) is 0. The largest absolute Gasteiger partial charge is 0.309 e. The van der Waals surface area contributed by atoms with Gasteiger partial charge >= 0.3 is 0 Å². The number of benzene rings is 2. The molecule has 0 bridgehead atoms. The number of rotatable bonds is 8. The number of hydrogen-bond acceptors (Lipinski definition) is 5. The van der Waals surface area contributed by atoms with Gasteiger partial charge in [-0.25, -0.2) is 0 Å². The van der Waals surface area contributed by atoms with Gasteiger partial charge in [-0.15, -0.1) is 0 Å². The number of hydrogen-bond donors (Lipinski definition) is 1. The lowest BCUT2D eigenvalue weighted by atomic mass is 9.79. The summed E-state index contributed by atoms with van der Waals surface area (Å²) in [7, 11) is 4.48. The van der Waals surface area contributed by atoms with Crippen molar-refractivity contribution >= 4 is 10.9 Å². The molecule has 1 N–H and O–H groups in total. The van der Waals surface area contributed by atoms with Gasteiger partial charge in [-0.2, -0.15) is 0 Å². The van der Waals surface area contributed by atoms with Crippen molar-refractivity contribution in [3.63, 3.8) is 0 Å². The molecule has 1 aromatic heterocycles. The third-order valence-corrected chi connectivity index (χ3v) is 9.00. The Hall–Kier alpha value is -2.31. The number of piperazine rings is 1. The first kappa shape index (κ1) is 27.3. The first-order valence-electron chi connectivity index (χ1n) is 14.7. The standard InChI is InChI=1S/C33H47N5/c1-6-10-32(38-22-25(2)35-26(3)23-38)29-20-28-19-27(13-14-31(28)34-21-29)24-37-17-15-33(16-18-37,36(4)5)30-11-8-7-9-12-30/h7-9,11-14,19-21,25-26,32,35H,6,10,15-18,22-24H2,1-5H3/t25-,26+,32?. The third kappa shape index (κ3) is 5.81. The van der Waals surface area contributed by atoms with Gasteiger partial charge in [0.15, 0.2) is 0 Å². The van der Waals surface area contributed by atoms with Gasteiger partial charge in [0, 0.05) is 68.0 Å². The minimum atomic E-state index is 0.132. The summed E-state index contributed by atoms with van der Waals surface area (Å²) in [5.41, 5.74) is 5.44. The Morgan fingerprint density at radius 1 is 1.00 bits per heavy atom. The Kier molecular flexibility index (Phi) is 8.49. The quantitative estimate of drug-likeness (QED) is 0.411. The molecule has 38 heavy (non-hydrogen) atoms. The first-order valence-corrected chi connectivity index (χ1v) is 14.7. The molecule has 5 heteroatoms. The zero-order valence-corrected chi connectivity index (χ0v) is 24.2. The molecule has 2 aliphatic heterocycles. The molecule has 1 unspecified atom stereocenters. The second-order valence-electron chi connectivity index (χ2n) is 12.1. The predicted molar refractivity (Wildman–Crippen MR) is 159 cm³/mol. The van der Waals surface area contributed by atoms with Crippen molar-refractivity contribution in [1.82, 2.24) is 25.0 Å². The van der Waals surface area contributed by atoms with Gasteiger partial charge in [0.1, 0.15) is 0 Å². The highest BCUT2D eigenvalue weighted by Gasteiger charge is 2.38. The number of fused-ring (bicyclic) bond motifs is 1. The molecule has 2 saturated heterocycles. The molecule has 3 heterocycles. The summed E-state index contributed by atoms with van der Waals surface area (Å²) in [6, 6.07) is 21.9. The van der Waals surface area contributed by atoms with Crippen LogP contribution < -0.4 is 5.32 Å². The second kappa shape index (κ2) is 11.8. The van der Waals surface area contributed by atoms with Crippen LogP contribution in [0.5, 0.6) is 0 Å². The number of aromatic nitrogens is 1. The van der Waals surface area contributed by atoms with Crippen LogP contribution in [0.25, 0.3) is 10.9 Å². The van der Waals surface area contributed by atoms with E-state index in [1.807, 2.05) is 0 Å². The average Bonchev–Trinajstić information content (AvgIpc) is 2.91. The van der Waals surface area contributed by atoms with Gasteiger partial charge in [-0.05, 0) is 82.1 Å². The van der Waals surface area contributed by atoms with E-state index in [1.54, 1.807) is 0 Å². The van der Waals surface area contributed by atoms with Crippen LogP contribution in [-0.2, 0) is 12.1 Å². The SMILES string of the molecule is CCCC(c1cnc2ccc(CN3CCC(c4ccccc4)(N(C)C)CC3)cc2c1)N1C[C@@H](C)N[C@@H](C)C1. The normalized spacial score (nSPS) is 23.6. The van der Waals surface area contributed by atoms with E-state index in [1.165, 1.54) is 34.9 Å². The van der Waals surface area contributed by atoms with E-state index in [2.05, 4.69) is 116 Å². The Morgan fingerprint density at radius 2 is 1.71 bits per heavy atom. The maximum atomic E-state index is 4.92. The van der Waals surface area contributed by atoms with Crippen molar-refractivity contribution in [3.05, 3.63) is 77.5 Å². The van der Waals surface area contributed by atoms with Gasteiger partial charge in [-0.3, -0.25) is 19.7 Å². The number of piperidine rings is 1. The van der Waals surface area contributed by atoms with E-state index in [0.717, 1.165) is 51.1 Å². The minimum Gasteiger partial charge on any atom is -0.309 e. The van der Waals surface area contributed by atoms with Crippen molar-refractivity contribution in [2.24, 2.45) is 0 Å². The minimum absolute atomic E-state index is 0.132. The highest BCUT2D eigenvalue weighted by atomic mass is 15.2. The highest BCUT2D eigenvalue weighted by molar-refractivity contribution is 5.79. The Bertz CT molecular complexity index is 1170. The van der Waals surface area contributed by atoms with Crippen LogP contribution in [0.4, 0.5) is 0 Å². The van der Waals surface area contributed by atoms with Gasteiger partial charge < -0.3 is 5.32 Å².